The number of piperidine rings is 1. The molecule has 1 saturated heterocycles. The fourth-order valence-electron chi connectivity index (χ4n) is 3.23. The second kappa shape index (κ2) is 7.55. The zero-order valence-corrected chi connectivity index (χ0v) is 15.1. The second-order valence-electron chi connectivity index (χ2n) is 6.30. The van der Waals surface area contributed by atoms with Gasteiger partial charge in [0.2, 0.25) is 0 Å². The van der Waals surface area contributed by atoms with Gasteiger partial charge in [0.1, 0.15) is 11.5 Å². The molecule has 1 fully saturated rings. The molecule has 0 atom stereocenters. The number of likely N-dealkylation sites (tertiary alicyclic amines) is 1. The summed E-state index contributed by atoms with van der Waals surface area (Å²) >= 11 is 1.81. The molecule has 1 N–H and O–H groups in total. The smallest absolute Gasteiger partial charge is 0.122 e. The van der Waals surface area contributed by atoms with E-state index in [2.05, 4.69) is 22.4 Å². The van der Waals surface area contributed by atoms with Crippen LogP contribution in [0.4, 0.5) is 0 Å². The largest absolute Gasteiger partial charge is 0.497 e. The fraction of sp³-hybridized carbons (Fsp3) is 0.474. The Morgan fingerprint density at radius 3 is 2.33 bits per heavy atom. The van der Waals surface area contributed by atoms with Crippen molar-refractivity contribution in [1.29, 1.82) is 0 Å². The standard InChI is InChI=1S/C19H25NO3S/c1-22-16-12-15(13-17(14-16)23-2)19(21)6-9-20(10-7-19)8-5-18-4-3-11-24-18/h3-4,11-14,21H,5-10H2,1-2H3. The molecule has 4 nitrogen and oxygen atoms in total. The summed E-state index contributed by atoms with van der Waals surface area (Å²) < 4.78 is 10.7. The molecule has 0 radical (unpaired) electrons. The lowest BCUT2D eigenvalue weighted by Gasteiger charge is -2.38. The Morgan fingerprint density at radius 1 is 1.12 bits per heavy atom. The Balaban J connectivity index is 1.63. The van der Waals surface area contributed by atoms with Crippen molar-refractivity contribution in [2.24, 2.45) is 0 Å². The van der Waals surface area contributed by atoms with Gasteiger partial charge in [0.15, 0.2) is 0 Å². The summed E-state index contributed by atoms with van der Waals surface area (Å²) in [5.41, 5.74) is 0.0814. The molecule has 0 spiro atoms. The van der Waals surface area contributed by atoms with Gasteiger partial charge in [-0.05, 0) is 48.4 Å². The number of thiophene rings is 1. The normalized spacial score (nSPS) is 17.6. The minimum atomic E-state index is -0.804. The fourth-order valence-corrected chi connectivity index (χ4v) is 3.93. The molecule has 1 aromatic carbocycles. The number of benzene rings is 1. The summed E-state index contributed by atoms with van der Waals surface area (Å²) in [6.07, 6.45) is 2.55. The van der Waals surface area contributed by atoms with Gasteiger partial charge in [-0.2, -0.15) is 0 Å². The number of hydrogen-bond acceptors (Lipinski definition) is 5. The summed E-state index contributed by atoms with van der Waals surface area (Å²) in [5, 5.41) is 13.2. The molecule has 24 heavy (non-hydrogen) atoms. The summed E-state index contributed by atoms with van der Waals surface area (Å²) in [6, 6.07) is 9.97. The Labute approximate surface area is 147 Å². The highest BCUT2D eigenvalue weighted by Gasteiger charge is 2.34. The van der Waals surface area contributed by atoms with E-state index in [9.17, 15) is 5.11 Å². The van der Waals surface area contributed by atoms with E-state index in [0.29, 0.717) is 0 Å². The van der Waals surface area contributed by atoms with E-state index in [4.69, 9.17) is 9.47 Å². The van der Waals surface area contributed by atoms with Gasteiger partial charge in [0, 0.05) is 30.6 Å². The minimum Gasteiger partial charge on any atom is -0.497 e. The maximum atomic E-state index is 11.1. The molecular weight excluding hydrogens is 322 g/mol. The van der Waals surface area contributed by atoms with E-state index in [-0.39, 0.29) is 0 Å². The van der Waals surface area contributed by atoms with Crippen LogP contribution in [0.3, 0.4) is 0 Å². The van der Waals surface area contributed by atoms with Crippen LogP contribution < -0.4 is 9.47 Å². The second-order valence-corrected chi connectivity index (χ2v) is 7.34. The number of methoxy groups -OCH3 is 2. The van der Waals surface area contributed by atoms with E-state index in [1.807, 2.05) is 29.5 Å². The van der Waals surface area contributed by atoms with Crippen LogP contribution in [0, 0.1) is 0 Å². The van der Waals surface area contributed by atoms with Crippen molar-refractivity contribution in [3.63, 3.8) is 0 Å². The highest BCUT2D eigenvalue weighted by atomic mass is 32.1. The maximum absolute atomic E-state index is 11.1. The predicted octanol–water partition coefficient (Wildman–Crippen LogP) is 3.29. The number of nitrogens with zero attached hydrogens (tertiary/aromatic N) is 1. The lowest BCUT2D eigenvalue weighted by atomic mass is 9.84. The van der Waals surface area contributed by atoms with Gasteiger partial charge < -0.3 is 19.5 Å². The van der Waals surface area contributed by atoms with Crippen molar-refractivity contribution in [1.82, 2.24) is 4.90 Å². The molecule has 0 bridgehead atoms. The van der Waals surface area contributed by atoms with Gasteiger partial charge >= 0.3 is 0 Å². The van der Waals surface area contributed by atoms with E-state index >= 15 is 0 Å². The van der Waals surface area contributed by atoms with Crippen LogP contribution in [0.5, 0.6) is 11.5 Å². The molecule has 0 amide bonds. The van der Waals surface area contributed by atoms with Crippen molar-refractivity contribution >= 4 is 11.3 Å². The van der Waals surface area contributed by atoms with E-state index in [0.717, 1.165) is 56.0 Å². The van der Waals surface area contributed by atoms with Crippen molar-refractivity contribution in [2.75, 3.05) is 33.9 Å². The third-order valence-corrected chi connectivity index (χ3v) is 5.76. The molecule has 2 aromatic rings. The molecule has 130 valence electrons. The Morgan fingerprint density at radius 2 is 1.79 bits per heavy atom. The summed E-state index contributed by atoms with van der Waals surface area (Å²) in [4.78, 5) is 3.86. The molecule has 1 aromatic heterocycles. The first-order valence-corrected chi connectivity index (χ1v) is 9.21. The van der Waals surface area contributed by atoms with Crippen LogP contribution in [0.15, 0.2) is 35.7 Å². The topological polar surface area (TPSA) is 41.9 Å². The van der Waals surface area contributed by atoms with Gasteiger partial charge in [-0.1, -0.05) is 6.07 Å². The Kier molecular flexibility index (Phi) is 5.43. The first kappa shape index (κ1) is 17.3. The third-order valence-electron chi connectivity index (χ3n) is 4.83. The van der Waals surface area contributed by atoms with Crippen LogP contribution in [-0.2, 0) is 12.0 Å². The highest BCUT2D eigenvalue weighted by Crippen LogP contribution is 2.36. The quantitative estimate of drug-likeness (QED) is 0.871. The summed E-state index contributed by atoms with van der Waals surface area (Å²) in [6.45, 7) is 2.86. The monoisotopic (exact) mass is 347 g/mol. The van der Waals surface area contributed by atoms with Crippen LogP contribution in [0.2, 0.25) is 0 Å². The first-order valence-electron chi connectivity index (χ1n) is 8.33. The summed E-state index contributed by atoms with van der Waals surface area (Å²) in [5.74, 6) is 1.44. The zero-order chi connectivity index (χ0) is 17.0. The highest BCUT2D eigenvalue weighted by molar-refractivity contribution is 7.09. The zero-order valence-electron chi connectivity index (χ0n) is 14.3. The van der Waals surface area contributed by atoms with E-state index in [1.54, 1.807) is 14.2 Å². The SMILES string of the molecule is COc1cc(OC)cc(C2(O)CCN(CCc3cccs3)CC2)c1. The third kappa shape index (κ3) is 3.91. The van der Waals surface area contributed by atoms with Gasteiger partial charge in [0.25, 0.3) is 0 Å². The van der Waals surface area contributed by atoms with E-state index < -0.39 is 5.60 Å². The van der Waals surface area contributed by atoms with Crippen LogP contribution in [-0.4, -0.2) is 43.9 Å². The molecule has 2 heterocycles. The molecular formula is C19H25NO3S. The molecule has 3 rings (SSSR count). The first-order chi connectivity index (χ1) is 11.6. The Bertz CT molecular complexity index is 626. The molecule has 5 heteroatoms. The predicted molar refractivity (Wildman–Crippen MR) is 97.1 cm³/mol. The maximum Gasteiger partial charge on any atom is 0.122 e. The molecule has 1 aliphatic heterocycles. The van der Waals surface area contributed by atoms with Crippen LogP contribution in [0.1, 0.15) is 23.3 Å². The lowest BCUT2D eigenvalue weighted by Crippen LogP contribution is -2.43. The molecule has 0 unspecified atom stereocenters. The number of rotatable bonds is 6. The lowest BCUT2D eigenvalue weighted by molar-refractivity contribution is -0.0258. The van der Waals surface area contributed by atoms with Crippen molar-refractivity contribution in [3.8, 4) is 11.5 Å². The number of ether oxygens (including phenoxy) is 2. The average Bonchev–Trinajstić information content (AvgIpc) is 3.14. The average molecular weight is 347 g/mol. The summed E-state index contributed by atoms with van der Waals surface area (Å²) in [7, 11) is 3.27. The molecule has 0 saturated carbocycles. The van der Waals surface area contributed by atoms with E-state index in [1.165, 1.54) is 4.88 Å². The Hall–Kier alpha value is -1.56. The molecule has 1 aliphatic rings. The number of aliphatic hydroxyl groups is 1. The van der Waals surface area contributed by atoms with Gasteiger partial charge in [-0.15, -0.1) is 11.3 Å². The van der Waals surface area contributed by atoms with Crippen LogP contribution in [0.25, 0.3) is 0 Å². The minimum absolute atomic E-state index is 0.720. The van der Waals surface area contributed by atoms with Crippen LogP contribution >= 0.6 is 11.3 Å². The van der Waals surface area contributed by atoms with Crippen molar-refractivity contribution in [2.45, 2.75) is 24.9 Å². The van der Waals surface area contributed by atoms with Crippen molar-refractivity contribution in [3.05, 3.63) is 46.2 Å². The van der Waals surface area contributed by atoms with Crippen molar-refractivity contribution < 1.29 is 14.6 Å². The molecule has 0 aliphatic carbocycles. The van der Waals surface area contributed by atoms with Gasteiger partial charge in [0.05, 0.1) is 19.8 Å². The number of hydrogen-bond donors (Lipinski definition) is 1. The van der Waals surface area contributed by atoms with Gasteiger partial charge in [-0.3, -0.25) is 0 Å². The van der Waals surface area contributed by atoms with Gasteiger partial charge in [-0.25, -0.2) is 0 Å².